The number of halogens is 1. The number of carbonyl (C=O) groups excluding carboxylic acids is 1. The third-order valence-corrected chi connectivity index (χ3v) is 15.3. The first-order valence-corrected chi connectivity index (χ1v) is 27.7. The Morgan fingerprint density at radius 1 is 0.287 bits per heavy atom. The molecule has 14 bridgehead atoms. The Bertz CT molecular complexity index is 1800. The number of rotatable bonds is 7. The number of hydrogen-bond acceptors (Lipinski definition) is 37. The SMILES string of the molecule is CC(=O)Cl.OC[C@H]1O[C@@H]2O[C@H]3[C@H](O)[C@@H](O)[C@@H](O[C@H]4[C@H](O)[C@@H](O)[C@@H](O[C@H]5[C@H](O)[C@@H](O)[C@@H](O[C@H]6[C@H](O)[C@@H](O)[C@@H](O[C@H]7[C@H](O)[C@@H](O)[C@@H](O[C@H]8[C@H](O)[C@@H](O)[C@@H](O[C@H]1[C@H](O)[C@H]2O)O[C@@H]8CO)O[C@@H]7CO)O[C@@H]6CO)O[C@@H]5CO)O[C@@H]4CO)O[C@@H]3CO.c1ccncc1. The second kappa shape index (κ2) is 32.5. The van der Waals surface area contributed by atoms with E-state index >= 15 is 0 Å². The maximum atomic E-state index is 11.3. The molecule has 502 valence electrons. The molecule has 22 rings (SSSR count). The Kier molecular flexibility index (Phi) is 27.0. The van der Waals surface area contributed by atoms with E-state index in [0.717, 1.165) is 0 Å². The van der Waals surface area contributed by atoms with Crippen molar-refractivity contribution in [1.29, 1.82) is 0 Å². The summed E-state index contributed by atoms with van der Waals surface area (Å²) in [6, 6.07) is 5.72. The van der Waals surface area contributed by atoms with Gasteiger partial charge in [0.05, 0.1) is 46.2 Å². The largest absolute Gasteiger partial charge is 0.394 e. The van der Waals surface area contributed by atoms with E-state index in [1.165, 1.54) is 6.92 Å². The summed E-state index contributed by atoms with van der Waals surface area (Å²) in [4.78, 5) is 13.0. The van der Waals surface area contributed by atoms with Crippen LogP contribution in [-0.4, -0.2) is 379 Å². The highest BCUT2D eigenvalue weighted by Gasteiger charge is 2.59. The van der Waals surface area contributed by atoms with Crippen LogP contribution < -0.4 is 0 Å². The highest BCUT2D eigenvalue weighted by Crippen LogP contribution is 2.39. The van der Waals surface area contributed by atoms with Gasteiger partial charge < -0.3 is 174 Å². The van der Waals surface area contributed by atoms with E-state index in [1.54, 1.807) is 12.4 Å². The van der Waals surface area contributed by atoms with Crippen LogP contribution >= 0.6 is 11.6 Å². The summed E-state index contributed by atoms with van der Waals surface area (Å²) in [5.41, 5.74) is 0. The molecule has 0 aliphatic carbocycles. The average Bonchev–Trinajstić information content (AvgIpc) is 1.20. The van der Waals surface area contributed by atoms with Crippen molar-refractivity contribution in [2.24, 2.45) is 0 Å². The van der Waals surface area contributed by atoms with Crippen LogP contribution in [-0.2, 0) is 71.1 Å². The standard InChI is InChI=1S/C42H70O35.C5H5N.C2H3ClO/c43-1-8-29-15(50)22(57)36(64-8)72-30-9(2-44)66-38(24(59)17(30)52)74-32-11(4-46)68-40(26(61)19(32)54)76-34-13(6-48)70-42(28(63)21(34)56)77-35-14(7-49)69-41(27(62)20(35)55)75-33-12(5-47)67-39(25(60)18(33)53)73-31-10(3-45)65-37(71-29)23(58)16(31)51;1-2-4-6-5-3-1;1-2(3)4/h8-63H,1-7H2;1-5H;1H3/t8-,9-,10-,11-,12-,13-,14-,15-,16-,17-,18-,19-,20-,21-,22-,23-,24-,25-,26-,27-,28-,29-,30-,31-,32-,33-,34-,35-,36-,37-,38-,39-,40-,41-,42-;;/m1../s1. The van der Waals surface area contributed by atoms with E-state index in [2.05, 4.69) is 16.6 Å². The molecular formula is C49H78ClNO36. The number of aliphatic hydroxyl groups excluding tert-OH is 21. The van der Waals surface area contributed by atoms with Crippen LogP contribution in [0.4, 0.5) is 0 Å². The third kappa shape index (κ3) is 16.2. The monoisotopic (exact) mass is 1290 g/mol. The third-order valence-electron chi connectivity index (χ3n) is 15.3. The van der Waals surface area contributed by atoms with Gasteiger partial charge in [-0.1, -0.05) is 6.07 Å². The summed E-state index contributed by atoms with van der Waals surface area (Å²) in [5, 5.41) is 230. The number of nitrogens with zero attached hydrogens (tertiary/aromatic N) is 1. The minimum Gasteiger partial charge on any atom is -0.394 e. The van der Waals surface area contributed by atoms with Crippen molar-refractivity contribution < 1.29 is 178 Å². The van der Waals surface area contributed by atoms with Gasteiger partial charge in [-0.05, 0) is 23.7 Å². The predicted octanol–water partition coefficient (Wildman–Crippen LogP) is -13.4. The molecule has 37 nitrogen and oxygen atoms in total. The lowest BCUT2D eigenvalue weighted by molar-refractivity contribution is -0.396. The summed E-state index contributed by atoms with van der Waals surface area (Å²) in [6.45, 7) is -6.03. The van der Waals surface area contributed by atoms with Crippen molar-refractivity contribution in [2.75, 3.05) is 46.2 Å². The predicted molar refractivity (Wildman–Crippen MR) is 269 cm³/mol. The Balaban J connectivity index is 0.000000989. The number of aliphatic hydroxyl groups is 21. The van der Waals surface area contributed by atoms with Crippen LogP contribution in [0.3, 0.4) is 0 Å². The zero-order chi connectivity index (χ0) is 63.9. The molecule has 87 heavy (non-hydrogen) atoms. The maximum Gasteiger partial charge on any atom is 0.218 e. The van der Waals surface area contributed by atoms with Crippen LogP contribution in [0.25, 0.3) is 0 Å². The van der Waals surface area contributed by atoms with Crippen molar-refractivity contribution in [1.82, 2.24) is 4.98 Å². The van der Waals surface area contributed by atoms with Crippen molar-refractivity contribution >= 4 is 16.8 Å². The fourth-order valence-electron chi connectivity index (χ4n) is 10.7. The van der Waals surface area contributed by atoms with Crippen molar-refractivity contribution in [3.63, 3.8) is 0 Å². The molecule has 0 saturated carbocycles. The molecular weight excluding hydrogens is 1210 g/mol. The number of pyridine rings is 1. The highest BCUT2D eigenvalue weighted by atomic mass is 35.5. The summed E-state index contributed by atoms with van der Waals surface area (Å²) in [6.07, 6.45) is -66.7. The molecule has 1 aromatic rings. The van der Waals surface area contributed by atoms with Crippen LogP contribution in [0.15, 0.2) is 30.6 Å². The second-order valence-corrected chi connectivity index (χ2v) is 21.7. The summed E-state index contributed by atoms with van der Waals surface area (Å²) < 4.78 is 79.5. The topological polar surface area (TPSA) is 584 Å². The van der Waals surface area contributed by atoms with E-state index in [9.17, 15) is 112 Å². The van der Waals surface area contributed by atoms with Gasteiger partial charge in [0.1, 0.15) is 171 Å². The summed E-state index contributed by atoms with van der Waals surface area (Å²) in [7, 11) is 0. The molecule has 0 amide bonds. The smallest absolute Gasteiger partial charge is 0.218 e. The van der Waals surface area contributed by atoms with Gasteiger partial charge in [0, 0.05) is 19.3 Å². The number of hydrogen-bond donors (Lipinski definition) is 21. The molecule has 0 aromatic carbocycles. The second-order valence-electron chi connectivity index (χ2n) is 21.1. The zero-order valence-electron chi connectivity index (χ0n) is 45.9. The first kappa shape index (κ1) is 72.1. The average molecular weight is 1290 g/mol. The first-order chi connectivity index (χ1) is 41.4. The van der Waals surface area contributed by atoms with Gasteiger partial charge in [-0.3, -0.25) is 9.78 Å². The van der Waals surface area contributed by atoms with E-state index < -0.39 is 261 Å². The quantitative estimate of drug-likeness (QED) is 0.113. The van der Waals surface area contributed by atoms with E-state index in [-0.39, 0.29) is 5.24 Å². The maximum absolute atomic E-state index is 11.3. The fraction of sp³-hybridized carbons (Fsp3) is 0.878. The molecule has 0 radical (unpaired) electrons. The Morgan fingerprint density at radius 3 is 0.517 bits per heavy atom. The van der Waals surface area contributed by atoms with Gasteiger partial charge >= 0.3 is 0 Å². The lowest BCUT2D eigenvalue weighted by Gasteiger charge is -2.50. The van der Waals surface area contributed by atoms with Gasteiger partial charge in [0.15, 0.2) is 44.0 Å². The van der Waals surface area contributed by atoms with Crippen LogP contribution in [0.2, 0.25) is 0 Å². The van der Waals surface area contributed by atoms with Crippen molar-refractivity contribution in [2.45, 2.75) is 222 Å². The van der Waals surface area contributed by atoms with Crippen LogP contribution in [0.5, 0.6) is 0 Å². The molecule has 21 aliphatic rings. The Morgan fingerprint density at radius 2 is 0.425 bits per heavy atom. The molecule has 22 heterocycles. The highest BCUT2D eigenvalue weighted by molar-refractivity contribution is 6.62. The minimum atomic E-state index is -2.21. The molecule has 0 unspecified atom stereocenters. The van der Waals surface area contributed by atoms with Gasteiger partial charge in [-0.15, -0.1) is 0 Å². The van der Waals surface area contributed by atoms with Gasteiger partial charge in [0.25, 0.3) is 0 Å². The van der Waals surface area contributed by atoms with E-state index in [4.69, 9.17) is 66.3 Å². The van der Waals surface area contributed by atoms with Crippen molar-refractivity contribution in [3.05, 3.63) is 30.6 Å². The molecule has 35 atom stereocenters. The van der Waals surface area contributed by atoms with Crippen molar-refractivity contribution in [3.8, 4) is 0 Å². The molecule has 0 spiro atoms. The summed E-state index contributed by atoms with van der Waals surface area (Å²) >= 11 is 4.64. The summed E-state index contributed by atoms with van der Waals surface area (Å²) in [5.74, 6) is 0. The minimum absolute atomic E-state index is 0.361. The Labute approximate surface area is 497 Å². The number of carbonyl (C=O) groups is 1. The number of ether oxygens (including phenoxy) is 14. The molecule has 1 aromatic heterocycles. The van der Waals surface area contributed by atoms with Crippen LogP contribution in [0, 0.1) is 0 Å². The van der Waals surface area contributed by atoms with E-state index in [0.29, 0.717) is 0 Å². The molecule has 21 aliphatic heterocycles. The molecule has 21 saturated heterocycles. The van der Waals surface area contributed by atoms with Gasteiger partial charge in [-0.2, -0.15) is 0 Å². The molecule has 21 fully saturated rings. The molecule has 38 heteroatoms. The van der Waals surface area contributed by atoms with Crippen LogP contribution in [0.1, 0.15) is 6.92 Å². The normalized spacial score (nSPS) is 49.9. The lowest BCUT2D eigenvalue weighted by atomic mass is 9.95. The fourth-order valence-corrected chi connectivity index (χ4v) is 10.7. The number of aromatic nitrogens is 1. The van der Waals surface area contributed by atoms with Gasteiger partial charge in [-0.25, -0.2) is 0 Å². The zero-order valence-corrected chi connectivity index (χ0v) is 46.6. The molecule has 21 N–H and O–H groups in total. The first-order valence-electron chi connectivity index (χ1n) is 27.4. The van der Waals surface area contributed by atoms with Gasteiger partial charge in [0.2, 0.25) is 5.24 Å². The Hall–Kier alpha value is -2.29. The van der Waals surface area contributed by atoms with E-state index in [1.807, 2.05) is 18.2 Å². The lowest BCUT2D eigenvalue weighted by Crippen LogP contribution is -2.68.